The first-order valence-electron chi connectivity index (χ1n) is 11.5. The lowest BCUT2D eigenvalue weighted by molar-refractivity contribution is -0.122. The Labute approximate surface area is 220 Å². The molecule has 0 radical (unpaired) electrons. The first-order chi connectivity index (χ1) is 16.9. The summed E-state index contributed by atoms with van der Waals surface area (Å²) in [5.74, 6) is -1.46. The van der Waals surface area contributed by atoms with E-state index in [1.54, 1.807) is 24.3 Å². The Morgan fingerprint density at radius 1 is 0.743 bits per heavy atom. The Hall–Kier alpha value is -2.77. The van der Waals surface area contributed by atoms with Crippen LogP contribution in [0.3, 0.4) is 0 Å². The third kappa shape index (κ3) is 4.71. The lowest BCUT2D eigenvalue weighted by Gasteiger charge is -2.29. The van der Waals surface area contributed by atoms with Crippen LogP contribution >= 0.6 is 31.9 Å². The molecular weight excluding hydrogens is 574 g/mol. The van der Waals surface area contributed by atoms with Crippen LogP contribution < -0.4 is 4.90 Å². The summed E-state index contributed by atoms with van der Waals surface area (Å²) in [6.45, 7) is 0. The number of carbonyl (C=O) groups is 3. The van der Waals surface area contributed by atoms with E-state index < -0.39 is 12.1 Å². The van der Waals surface area contributed by atoms with Gasteiger partial charge in [0.2, 0.25) is 11.8 Å². The highest BCUT2D eigenvalue weighted by molar-refractivity contribution is 9.12. The SMILES string of the molecule is O=C(OC(c1ccccc1)c1ccccc1)c1ccc(N2C(=O)[C@H]3C[C@H](Br)[C@@H](Br)C[C@H]3C2=O)cc1. The molecule has 35 heavy (non-hydrogen) atoms. The van der Waals surface area contributed by atoms with Gasteiger partial charge in [0.25, 0.3) is 0 Å². The van der Waals surface area contributed by atoms with Crippen LogP contribution in [0.25, 0.3) is 0 Å². The zero-order valence-corrected chi connectivity index (χ0v) is 21.9. The third-order valence-electron chi connectivity index (χ3n) is 6.70. The molecule has 1 saturated carbocycles. The second kappa shape index (κ2) is 10.1. The van der Waals surface area contributed by atoms with E-state index in [-0.39, 0.29) is 33.3 Å². The van der Waals surface area contributed by atoms with Gasteiger partial charge in [-0.05, 0) is 48.2 Å². The largest absolute Gasteiger partial charge is 0.449 e. The number of benzene rings is 3. The summed E-state index contributed by atoms with van der Waals surface area (Å²) in [4.78, 5) is 40.8. The number of amides is 2. The summed E-state index contributed by atoms with van der Waals surface area (Å²) in [6.07, 6.45) is 0.683. The van der Waals surface area contributed by atoms with Crippen LogP contribution in [0.2, 0.25) is 0 Å². The van der Waals surface area contributed by atoms with Crippen molar-refractivity contribution in [3.63, 3.8) is 0 Å². The molecule has 1 aliphatic carbocycles. The van der Waals surface area contributed by atoms with Gasteiger partial charge in [0.05, 0.1) is 23.1 Å². The monoisotopic (exact) mass is 595 g/mol. The number of halogens is 2. The van der Waals surface area contributed by atoms with Crippen LogP contribution in [0.5, 0.6) is 0 Å². The molecule has 3 aromatic carbocycles. The van der Waals surface area contributed by atoms with E-state index >= 15 is 0 Å². The molecule has 2 aliphatic rings. The highest BCUT2D eigenvalue weighted by Gasteiger charge is 2.52. The maximum atomic E-state index is 13.1. The minimum atomic E-state index is -0.552. The molecule has 1 saturated heterocycles. The van der Waals surface area contributed by atoms with Gasteiger partial charge in [-0.1, -0.05) is 92.5 Å². The van der Waals surface area contributed by atoms with Gasteiger partial charge >= 0.3 is 5.97 Å². The van der Waals surface area contributed by atoms with Crippen LogP contribution in [-0.2, 0) is 14.3 Å². The minimum Gasteiger partial charge on any atom is -0.449 e. The summed E-state index contributed by atoms with van der Waals surface area (Å²) >= 11 is 7.22. The summed E-state index contributed by atoms with van der Waals surface area (Å²) in [5.41, 5.74) is 2.57. The predicted octanol–water partition coefficient (Wildman–Crippen LogP) is 6.06. The molecule has 5 rings (SSSR count). The second-order valence-corrected chi connectivity index (χ2v) is 11.2. The van der Waals surface area contributed by atoms with Crippen molar-refractivity contribution in [3.8, 4) is 0 Å². The molecule has 2 fully saturated rings. The van der Waals surface area contributed by atoms with Crippen molar-refractivity contribution in [1.82, 2.24) is 0 Å². The standard InChI is InChI=1S/C28H23Br2NO4/c29-23-15-21-22(16-24(23)30)27(33)31(26(21)32)20-13-11-19(12-14-20)28(34)35-25(17-7-3-1-4-8-17)18-9-5-2-6-10-18/h1-14,21-25H,15-16H2/t21-,22+,23-,24-/m0/s1. The summed E-state index contributed by atoms with van der Waals surface area (Å²) in [6, 6.07) is 25.6. The van der Waals surface area contributed by atoms with Crippen molar-refractivity contribution in [2.45, 2.75) is 28.6 Å². The van der Waals surface area contributed by atoms with Crippen molar-refractivity contribution < 1.29 is 19.1 Å². The second-order valence-electron chi connectivity index (χ2n) is 8.88. The van der Waals surface area contributed by atoms with Crippen molar-refractivity contribution >= 4 is 55.3 Å². The molecule has 0 N–H and O–H groups in total. The van der Waals surface area contributed by atoms with Gasteiger partial charge < -0.3 is 4.74 Å². The highest BCUT2D eigenvalue weighted by Crippen LogP contribution is 2.44. The van der Waals surface area contributed by atoms with Crippen LogP contribution in [-0.4, -0.2) is 27.4 Å². The summed E-state index contributed by atoms with van der Waals surface area (Å²) < 4.78 is 5.92. The Kier molecular flexibility index (Phi) is 6.89. The van der Waals surface area contributed by atoms with Gasteiger partial charge in [-0.25, -0.2) is 4.79 Å². The zero-order chi connectivity index (χ0) is 24.5. The predicted molar refractivity (Wildman–Crippen MR) is 141 cm³/mol. The molecule has 2 amide bonds. The number of ether oxygens (including phenoxy) is 1. The van der Waals surface area contributed by atoms with Gasteiger partial charge in [-0.2, -0.15) is 0 Å². The first-order valence-corrected chi connectivity index (χ1v) is 13.3. The summed E-state index contributed by atoms with van der Waals surface area (Å²) in [5, 5.41) is 0. The number of alkyl halides is 2. The molecule has 0 unspecified atom stereocenters. The quantitative estimate of drug-likeness (QED) is 0.204. The van der Waals surface area contributed by atoms with E-state index in [4.69, 9.17) is 4.74 Å². The van der Waals surface area contributed by atoms with E-state index in [2.05, 4.69) is 31.9 Å². The van der Waals surface area contributed by atoms with Gasteiger partial charge in [-0.3, -0.25) is 14.5 Å². The normalized spacial score (nSPS) is 23.9. The number of fused-ring (bicyclic) bond motifs is 1. The number of rotatable bonds is 5. The maximum Gasteiger partial charge on any atom is 0.339 e. The fraction of sp³-hybridized carbons (Fsp3) is 0.250. The van der Waals surface area contributed by atoms with Crippen molar-refractivity contribution in [3.05, 3.63) is 102 Å². The topological polar surface area (TPSA) is 63.7 Å². The Balaban J connectivity index is 1.35. The lowest BCUT2D eigenvalue weighted by atomic mass is 9.81. The fourth-order valence-electron chi connectivity index (χ4n) is 4.86. The van der Waals surface area contributed by atoms with Gasteiger partial charge in [-0.15, -0.1) is 0 Å². The summed E-state index contributed by atoms with van der Waals surface area (Å²) in [7, 11) is 0. The van der Waals surface area contributed by atoms with Crippen LogP contribution in [0.1, 0.15) is 40.4 Å². The number of carbonyl (C=O) groups excluding carboxylic acids is 3. The molecule has 4 atom stereocenters. The van der Waals surface area contributed by atoms with E-state index in [0.29, 0.717) is 24.1 Å². The van der Waals surface area contributed by atoms with Crippen LogP contribution in [0.4, 0.5) is 5.69 Å². The number of hydrogen-bond acceptors (Lipinski definition) is 4. The first kappa shape index (κ1) is 23.9. The van der Waals surface area contributed by atoms with Gasteiger partial charge in [0.15, 0.2) is 6.10 Å². The molecule has 3 aromatic rings. The number of anilines is 1. The third-order valence-corrected chi connectivity index (χ3v) is 9.44. The molecule has 5 nitrogen and oxygen atoms in total. The average Bonchev–Trinajstić information content (AvgIpc) is 3.12. The molecule has 7 heteroatoms. The molecule has 0 aromatic heterocycles. The highest BCUT2D eigenvalue weighted by atomic mass is 79.9. The number of imide groups is 1. The number of esters is 1. The fourth-order valence-corrected chi connectivity index (χ4v) is 6.09. The van der Waals surface area contributed by atoms with Gasteiger partial charge in [0.1, 0.15) is 0 Å². The lowest BCUT2D eigenvalue weighted by Crippen LogP contribution is -2.34. The molecule has 0 bridgehead atoms. The molecule has 1 aliphatic heterocycles. The van der Waals surface area contributed by atoms with Crippen LogP contribution in [0, 0.1) is 11.8 Å². The Bertz CT molecular complexity index is 1170. The minimum absolute atomic E-state index is 0.153. The van der Waals surface area contributed by atoms with E-state index in [0.717, 1.165) is 11.1 Å². The number of nitrogens with zero attached hydrogens (tertiary/aromatic N) is 1. The zero-order valence-electron chi connectivity index (χ0n) is 18.7. The Morgan fingerprint density at radius 3 is 1.66 bits per heavy atom. The number of hydrogen-bond donors (Lipinski definition) is 0. The van der Waals surface area contributed by atoms with Crippen LogP contribution in [0.15, 0.2) is 84.9 Å². The van der Waals surface area contributed by atoms with E-state index in [1.165, 1.54) is 4.90 Å². The van der Waals surface area contributed by atoms with E-state index in [1.807, 2.05) is 60.7 Å². The average molecular weight is 597 g/mol. The van der Waals surface area contributed by atoms with Crippen molar-refractivity contribution in [2.75, 3.05) is 4.90 Å². The molecule has 1 heterocycles. The molecular formula is C28H23Br2NO4. The van der Waals surface area contributed by atoms with Gasteiger partial charge in [0, 0.05) is 9.65 Å². The maximum absolute atomic E-state index is 13.1. The van der Waals surface area contributed by atoms with Crippen molar-refractivity contribution in [2.24, 2.45) is 11.8 Å². The Morgan fingerprint density at radius 2 is 1.20 bits per heavy atom. The molecule has 0 spiro atoms. The van der Waals surface area contributed by atoms with E-state index in [9.17, 15) is 14.4 Å². The molecule has 178 valence electrons. The smallest absolute Gasteiger partial charge is 0.339 e. The van der Waals surface area contributed by atoms with Crippen molar-refractivity contribution in [1.29, 1.82) is 0 Å².